The maximum atomic E-state index is 12.2. The molecule has 34 heavy (non-hydrogen) atoms. The van der Waals surface area contributed by atoms with E-state index in [2.05, 4.69) is 10.6 Å². The summed E-state index contributed by atoms with van der Waals surface area (Å²) in [5.74, 6) is -0.881. The Kier molecular flexibility index (Phi) is 11.4. The van der Waals surface area contributed by atoms with E-state index < -0.39 is 11.8 Å². The van der Waals surface area contributed by atoms with E-state index in [1.54, 1.807) is 48.5 Å². The molecule has 0 atom stereocenters. The van der Waals surface area contributed by atoms with Gasteiger partial charge in [0, 0.05) is 23.1 Å². The second-order valence-electron chi connectivity index (χ2n) is 7.31. The van der Waals surface area contributed by atoms with Crippen LogP contribution in [0.15, 0.2) is 59.7 Å². The van der Waals surface area contributed by atoms with Gasteiger partial charge in [-0.3, -0.25) is 9.59 Å². The molecule has 0 fully saturated rings. The predicted octanol–water partition coefficient (Wildman–Crippen LogP) is 5.30. The Morgan fingerprint density at radius 1 is 0.706 bits per heavy atom. The molecule has 0 spiro atoms. The summed E-state index contributed by atoms with van der Waals surface area (Å²) in [6.45, 7) is 0.873. The van der Waals surface area contributed by atoms with Crippen molar-refractivity contribution in [3.63, 3.8) is 0 Å². The lowest BCUT2D eigenvalue weighted by Crippen LogP contribution is -2.26. The average Bonchev–Trinajstić information content (AvgIpc) is 2.84. The highest BCUT2D eigenvalue weighted by Crippen LogP contribution is 2.19. The fraction of sp³-hybridized carbons (Fsp3) is 0.231. The standard InChI is InChI=1S/C26H24Cl2N4O2/c27-23-11-5-3-9-19(23)15-21(17-29)25(33)31-13-7-1-2-8-14-32-26(34)22(18-30)16-20-10-4-6-12-24(20)28/h3-6,9-12,15-16H,1-2,7-8,13-14H2,(H,31,33)(H,32,34)/b21-15+,22-16+. The monoisotopic (exact) mass is 494 g/mol. The van der Waals surface area contributed by atoms with Crippen molar-refractivity contribution in [2.45, 2.75) is 25.7 Å². The van der Waals surface area contributed by atoms with Crippen LogP contribution in [0.1, 0.15) is 36.8 Å². The highest BCUT2D eigenvalue weighted by Gasteiger charge is 2.10. The van der Waals surface area contributed by atoms with Crippen LogP contribution in [-0.2, 0) is 9.59 Å². The van der Waals surface area contributed by atoms with Crippen LogP contribution in [-0.4, -0.2) is 24.9 Å². The second kappa shape index (κ2) is 14.5. The Hall–Kier alpha value is -3.58. The maximum Gasteiger partial charge on any atom is 0.261 e. The highest BCUT2D eigenvalue weighted by molar-refractivity contribution is 6.32. The second-order valence-corrected chi connectivity index (χ2v) is 8.12. The maximum absolute atomic E-state index is 12.2. The highest BCUT2D eigenvalue weighted by atomic mass is 35.5. The first kappa shape index (κ1) is 26.7. The summed E-state index contributed by atoms with van der Waals surface area (Å²) >= 11 is 12.1. The Morgan fingerprint density at radius 2 is 1.09 bits per heavy atom. The first-order valence-corrected chi connectivity index (χ1v) is 11.5. The normalized spacial score (nSPS) is 11.3. The van der Waals surface area contributed by atoms with E-state index in [9.17, 15) is 20.1 Å². The largest absolute Gasteiger partial charge is 0.351 e. The molecule has 2 aromatic rings. The van der Waals surface area contributed by atoms with E-state index in [4.69, 9.17) is 23.2 Å². The molecule has 6 nitrogen and oxygen atoms in total. The molecule has 8 heteroatoms. The molecule has 0 heterocycles. The van der Waals surface area contributed by atoms with E-state index in [1.165, 1.54) is 12.2 Å². The minimum absolute atomic E-state index is 0.00560. The van der Waals surface area contributed by atoms with Crippen LogP contribution in [0.2, 0.25) is 10.0 Å². The summed E-state index contributed by atoms with van der Waals surface area (Å²) in [4.78, 5) is 24.4. The molecule has 2 aromatic carbocycles. The molecule has 0 saturated heterocycles. The van der Waals surface area contributed by atoms with Gasteiger partial charge in [0.1, 0.15) is 23.3 Å². The molecule has 2 N–H and O–H groups in total. The van der Waals surface area contributed by atoms with Crippen molar-refractivity contribution in [3.8, 4) is 12.1 Å². The first-order valence-electron chi connectivity index (χ1n) is 10.7. The summed E-state index contributed by atoms with van der Waals surface area (Å²) in [5.41, 5.74) is 1.21. The number of carbonyl (C=O) groups excluding carboxylic acids is 2. The minimum atomic E-state index is -0.441. The lowest BCUT2D eigenvalue weighted by atomic mass is 10.1. The van der Waals surface area contributed by atoms with Gasteiger partial charge in [-0.15, -0.1) is 0 Å². The molecule has 2 amide bonds. The quantitative estimate of drug-likeness (QED) is 0.251. The first-order chi connectivity index (χ1) is 16.5. The van der Waals surface area contributed by atoms with Crippen molar-refractivity contribution >= 4 is 47.2 Å². The summed E-state index contributed by atoms with van der Waals surface area (Å²) in [6.07, 6.45) is 6.09. The zero-order chi connectivity index (χ0) is 24.8. The topological polar surface area (TPSA) is 106 Å². The molecule has 0 bridgehead atoms. The third kappa shape index (κ3) is 8.75. The fourth-order valence-corrected chi connectivity index (χ4v) is 3.37. The number of hydrogen-bond donors (Lipinski definition) is 2. The van der Waals surface area contributed by atoms with Crippen LogP contribution in [0, 0.1) is 22.7 Å². The number of nitriles is 2. The molecule has 0 unspecified atom stereocenters. The number of unbranched alkanes of at least 4 members (excludes halogenated alkanes) is 3. The van der Waals surface area contributed by atoms with E-state index >= 15 is 0 Å². The lowest BCUT2D eigenvalue weighted by molar-refractivity contribution is -0.117. The van der Waals surface area contributed by atoms with Gasteiger partial charge in [0.15, 0.2) is 0 Å². The number of amides is 2. The number of carbonyl (C=O) groups is 2. The van der Waals surface area contributed by atoms with Gasteiger partial charge in [-0.1, -0.05) is 72.4 Å². The summed E-state index contributed by atoms with van der Waals surface area (Å²) in [7, 11) is 0. The Labute approximate surface area is 209 Å². The minimum Gasteiger partial charge on any atom is -0.351 e. The fourth-order valence-electron chi connectivity index (χ4n) is 2.99. The van der Waals surface area contributed by atoms with Gasteiger partial charge in [-0.2, -0.15) is 10.5 Å². The Balaban J connectivity index is 1.67. The number of nitrogens with zero attached hydrogens (tertiary/aromatic N) is 2. The molecular weight excluding hydrogens is 471 g/mol. The molecular formula is C26H24Cl2N4O2. The van der Waals surface area contributed by atoms with Crippen molar-refractivity contribution in [2.24, 2.45) is 0 Å². The van der Waals surface area contributed by atoms with Gasteiger partial charge in [0.2, 0.25) is 0 Å². The SMILES string of the molecule is N#C/C(=C\c1ccccc1Cl)C(=O)NCCCCCCNC(=O)/C(C#N)=C/c1ccccc1Cl. The smallest absolute Gasteiger partial charge is 0.261 e. The van der Waals surface area contributed by atoms with Gasteiger partial charge in [0.05, 0.1) is 0 Å². The number of nitrogens with one attached hydrogen (secondary N) is 2. The Bertz CT molecular complexity index is 1070. The van der Waals surface area contributed by atoms with Gasteiger partial charge < -0.3 is 10.6 Å². The zero-order valence-electron chi connectivity index (χ0n) is 18.5. The van der Waals surface area contributed by atoms with Crippen molar-refractivity contribution in [2.75, 3.05) is 13.1 Å². The number of benzene rings is 2. The summed E-state index contributed by atoms with van der Waals surface area (Å²) in [6, 6.07) is 17.8. The van der Waals surface area contributed by atoms with Crippen molar-refractivity contribution in [3.05, 3.63) is 80.8 Å². The molecule has 2 rings (SSSR count). The van der Waals surface area contributed by atoms with Gasteiger partial charge >= 0.3 is 0 Å². The molecule has 0 aromatic heterocycles. The van der Waals surface area contributed by atoms with E-state index in [1.807, 2.05) is 12.1 Å². The molecule has 0 radical (unpaired) electrons. The van der Waals surface area contributed by atoms with Crippen LogP contribution in [0.25, 0.3) is 12.2 Å². The van der Waals surface area contributed by atoms with Gasteiger partial charge in [-0.25, -0.2) is 0 Å². The van der Waals surface area contributed by atoms with Gasteiger partial charge in [0.25, 0.3) is 11.8 Å². The van der Waals surface area contributed by atoms with E-state index in [0.29, 0.717) is 34.3 Å². The third-order valence-electron chi connectivity index (χ3n) is 4.81. The number of rotatable bonds is 11. The molecule has 0 aliphatic heterocycles. The predicted molar refractivity (Wildman–Crippen MR) is 135 cm³/mol. The van der Waals surface area contributed by atoms with E-state index in [0.717, 1.165) is 25.7 Å². The van der Waals surface area contributed by atoms with Crippen molar-refractivity contribution in [1.82, 2.24) is 10.6 Å². The van der Waals surface area contributed by atoms with E-state index in [-0.39, 0.29) is 11.1 Å². The molecule has 0 aliphatic rings. The molecule has 0 saturated carbocycles. The number of hydrogen-bond acceptors (Lipinski definition) is 4. The van der Waals surface area contributed by atoms with Crippen LogP contribution in [0.3, 0.4) is 0 Å². The van der Waals surface area contributed by atoms with Crippen LogP contribution >= 0.6 is 23.2 Å². The van der Waals surface area contributed by atoms with Crippen molar-refractivity contribution < 1.29 is 9.59 Å². The van der Waals surface area contributed by atoms with Crippen molar-refractivity contribution in [1.29, 1.82) is 10.5 Å². The third-order valence-corrected chi connectivity index (χ3v) is 5.50. The summed E-state index contributed by atoms with van der Waals surface area (Å²) < 4.78 is 0. The van der Waals surface area contributed by atoms with Gasteiger partial charge in [-0.05, 0) is 48.3 Å². The molecule has 0 aliphatic carbocycles. The average molecular weight is 495 g/mol. The van der Waals surface area contributed by atoms with Crippen LogP contribution in [0.5, 0.6) is 0 Å². The summed E-state index contributed by atoms with van der Waals surface area (Å²) in [5, 5.41) is 24.9. The van der Waals surface area contributed by atoms with Crippen LogP contribution < -0.4 is 10.6 Å². The molecule has 174 valence electrons. The number of halogens is 2. The van der Waals surface area contributed by atoms with Crippen LogP contribution in [0.4, 0.5) is 0 Å². The zero-order valence-corrected chi connectivity index (χ0v) is 20.0. The Morgan fingerprint density at radius 3 is 1.44 bits per heavy atom. The lowest BCUT2D eigenvalue weighted by Gasteiger charge is -2.06.